The Morgan fingerprint density at radius 1 is 1.04 bits per heavy atom. The molecule has 2 heterocycles. The van der Waals surface area contributed by atoms with Crippen LogP contribution in [0.2, 0.25) is 5.02 Å². The summed E-state index contributed by atoms with van der Waals surface area (Å²) >= 11 is 6.42. The molecule has 6 heteroatoms. The highest BCUT2D eigenvalue weighted by Crippen LogP contribution is 2.30. The summed E-state index contributed by atoms with van der Waals surface area (Å²) in [6.45, 7) is 4.04. The Morgan fingerprint density at radius 3 is 2.50 bits per heavy atom. The number of morpholine rings is 1. The molecular weight excluding hydrogens is 353 g/mol. The third kappa shape index (κ3) is 3.65. The van der Waals surface area contributed by atoms with Crippen molar-refractivity contribution in [3.8, 4) is 16.9 Å². The number of ether oxygens (including phenoxy) is 1. The number of hydrogen-bond donors (Lipinski definition) is 0. The van der Waals surface area contributed by atoms with Crippen LogP contribution in [0.4, 0.5) is 4.39 Å². The van der Waals surface area contributed by atoms with Gasteiger partial charge in [0.2, 0.25) is 0 Å². The first-order chi connectivity index (χ1) is 12.7. The van der Waals surface area contributed by atoms with E-state index in [1.807, 2.05) is 30.5 Å². The lowest BCUT2D eigenvalue weighted by molar-refractivity contribution is 0.0342. The molecule has 26 heavy (non-hydrogen) atoms. The van der Waals surface area contributed by atoms with Gasteiger partial charge in [0.1, 0.15) is 5.82 Å². The molecule has 1 saturated heterocycles. The van der Waals surface area contributed by atoms with Gasteiger partial charge >= 0.3 is 0 Å². The second-order valence-corrected chi connectivity index (χ2v) is 6.70. The van der Waals surface area contributed by atoms with Crippen LogP contribution in [0.25, 0.3) is 16.9 Å². The van der Waals surface area contributed by atoms with Gasteiger partial charge in [0.05, 0.1) is 29.6 Å². The van der Waals surface area contributed by atoms with Crippen LogP contribution in [0.3, 0.4) is 0 Å². The Labute approximate surface area is 156 Å². The fourth-order valence-electron chi connectivity index (χ4n) is 3.13. The van der Waals surface area contributed by atoms with Crippen molar-refractivity contribution in [1.29, 1.82) is 0 Å². The molecule has 1 aliphatic heterocycles. The molecule has 4 nitrogen and oxygen atoms in total. The zero-order valence-corrected chi connectivity index (χ0v) is 15.0. The Balaban J connectivity index is 1.74. The van der Waals surface area contributed by atoms with Gasteiger partial charge in [-0.2, -0.15) is 5.10 Å². The minimum atomic E-state index is -0.263. The van der Waals surface area contributed by atoms with Gasteiger partial charge in [-0.05, 0) is 30.3 Å². The first-order valence-corrected chi connectivity index (χ1v) is 8.98. The highest BCUT2D eigenvalue weighted by molar-refractivity contribution is 6.33. The van der Waals surface area contributed by atoms with Crippen LogP contribution in [0.1, 0.15) is 5.56 Å². The van der Waals surface area contributed by atoms with E-state index in [1.165, 1.54) is 12.1 Å². The predicted molar refractivity (Wildman–Crippen MR) is 100 cm³/mol. The number of hydrogen-bond acceptors (Lipinski definition) is 3. The summed E-state index contributed by atoms with van der Waals surface area (Å²) in [5.41, 5.74) is 3.65. The largest absolute Gasteiger partial charge is 0.379 e. The quantitative estimate of drug-likeness (QED) is 0.689. The van der Waals surface area contributed by atoms with Gasteiger partial charge in [-0.1, -0.05) is 29.8 Å². The number of aromatic nitrogens is 2. The van der Waals surface area contributed by atoms with Gasteiger partial charge in [0.15, 0.2) is 0 Å². The van der Waals surface area contributed by atoms with Crippen LogP contribution in [0.15, 0.2) is 54.7 Å². The second-order valence-electron chi connectivity index (χ2n) is 6.29. The Bertz CT molecular complexity index is 888. The molecule has 0 atom stereocenters. The van der Waals surface area contributed by atoms with Crippen LogP contribution < -0.4 is 0 Å². The summed E-state index contributed by atoms with van der Waals surface area (Å²) in [6, 6.07) is 14.0. The van der Waals surface area contributed by atoms with Crippen molar-refractivity contribution in [2.75, 3.05) is 26.3 Å². The van der Waals surface area contributed by atoms with E-state index in [-0.39, 0.29) is 5.82 Å². The van der Waals surface area contributed by atoms with E-state index in [9.17, 15) is 4.39 Å². The van der Waals surface area contributed by atoms with Crippen LogP contribution in [-0.2, 0) is 11.3 Å². The lowest BCUT2D eigenvalue weighted by atomic mass is 10.1. The minimum Gasteiger partial charge on any atom is -0.379 e. The number of rotatable bonds is 4. The molecule has 0 N–H and O–H groups in total. The Morgan fingerprint density at radius 2 is 1.77 bits per heavy atom. The molecule has 1 fully saturated rings. The molecule has 1 aliphatic rings. The van der Waals surface area contributed by atoms with Crippen molar-refractivity contribution in [1.82, 2.24) is 14.7 Å². The SMILES string of the molecule is Fc1ccc(-n2cc(CN3CCOCC3)c(-c3ccccc3Cl)n2)cc1. The van der Waals surface area contributed by atoms with Gasteiger partial charge < -0.3 is 4.74 Å². The maximum absolute atomic E-state index is 13.2. The van der Waals surface area contributed by atoms with Crippen LogP contribution >= 0.6 is 11.6 Å². The van der Waals surface area contributed by atoms with E-state index in [0.717, 1.165) is 55.4 Å². The highest BCUT2D eigenvalue weighted by atomic mass is 35.5. The third-order valence-corrected chi connectivity index (χ3v) is 4.84. The van der Waals surface area contributed by atoms with E-state index in [0.29, 0.717) is 5.02 Å². The average molecular weight is 372 g/mol. The molecule has 0 unspecified atom stereocenters. The van der Waals surface area contributed by atoms with Crippen molar-refractivity contribution >= 4 is 11.6 Å². The van der Waals surface area contributed by atoms with Crippen molar-refractivity contribution < 1.29 is 9.13 Å². The molecule has 2 aromatic carbocycles. The average Bonchev–Trinajstić information content (AvgIpc) is 3.07. The Kier molecular flexibility index (Phi) is 5.02. The van der Waals surface area contributed by atoms with Crippen LogP contribution in [0.5, 0.6) is 0 Å². The van der Waals surface area contributed by atoms with E-state index in [1.54, 1.807) is 16.8 Å². The summed E-state index contributed by atoms with van der Waals surface area (Å²) in [5.74, 6) is -0.263. The fourth-order valence-corrected chi connectivity index (χ4v) is 3.36. The minimum absolute atomic E-state index is 0.263. The molecule has 0 spiro atoms. The molecule has 134 valence electrons. The van der Waals surface area contributed by atoms with Crippen molar-refractivity contribution in [3.05, 3.63) is 71.1 Å². The molecule has 0 radical (unpaired) electrons. The van der Waals surface area contributed by atoms with E-state index < -0.39 is 0 Å². The summed E-state index contributed by atoms with van der Waals surface area (Å²) in [7, 11) is 0. The third-order valence-electron chi connectivity index (χ3n) is 4.51. The Hall–Kier alpha value is -2.21. The van der Waals surface area contributed by atoms with Gasteiger partial charge in [0, 0.05) is 37.0 Å². The lowest BCUT2D eigenvalue weighted by Gasteiger charge is -2.26. The fraction of sp³-hybridized carbons (Fsp3) is 0.250. The summed E-state index contributed by atoms with van der Waals surface area (Å²) < 4.78 is 20.5. The van der Waals surface area contributed by atoms with E-state index in [4.69, 9.17) is 21.4 Å². The van der Waals surface area contributed by atoms with E-state index in [2.05, 4.69) is 4.90 Å². The van der Waals surface area contributed by atoms with Gasteiger partial charge in [0.25, 0.3) is 0 Å². The normalized spacial score (nSPS) is 15.3. The summed E-state index contributed by atoms with van der Waals surface area (Å²) in [4.78, 5) is 2.34. The summed E-state index contributed by atoms with van der Waals surface area (Å²) in [6.07, 6.45) is 2.00. The van der Waals surface area contributed by atoms with Gasteiger partial charge in [-0.25, -0.2) is 9.07 Å². The van der Waals surface area contributed by atoms with Crippen molar-refractivity contribution in [3.63, 3.8) is 0 Å². The van der Waals surface area contributed by atoms with Gasteiger partial charge in [-0.15, -0.1) is 0 Å². The molecule has 0 bridgehead atoms. The molecular formula is C20H19ClFN3O. The predicted octanol–water partition coefficient (Wildman–Crippen LogP) is 4.16. The molecule has 1 aromatic heterocycles. The first-order valence-electron chi connectivity index (χ1n) is 8.60. The first kappa shape index (κ1) is 17.2. The van der Waals surface area contributed by atoms with Gasteiger partial charge in [-0.3, -0.25) is 4.90 Å². The van der Waals surface area contributed by atoms with Crippen molar-refractivity contribution in [2.24, 2.45) is 0 Å². The molecule has 0 saturated carbocycles. The smallest absolute Gasteiger partial charge is 0.123 e. The maximum Gasteiger partial charge on any atom is 0.123 e. The van der Waals surface area contributed by atoms with Crippen molar-refractivity contribution in [2.45, 2.75) is 6.54 Å². The monoisotopic (exact) mass is 371 g/mol. The zero-order valence-electron chi connectivity index (χ0n) is 14.2. The van der Waals surface area contributed by atoms with E-state index >= 15 is 0 Å². The molecule has 3 aromatic rings. The van der Waals surface area contributed by atoms with Crippen LogP contribution in [-0.4, -0.2) is 41.0 Å². The molecule has 0 aliphatic carbocycles. The zero-order chi connectivity index (χ0) is 17.9. The molecule has 4 rings (SSSR count). The second kappa shape index (κ2) is 7.58. The molecule has 0 amide bonds. The maximum atomic E-state index is 13.2. The topological polar surface area (TPSA) is 30.3 Å². The summed E-state index contributed by atoms with van der Waals surface area (Å²) in [5, 5.41) is 5.43. The standard InChI is InChI=1S/C20H19ClFN3O/c21-19-4-2-1-3-18(19)20-15(13-24-9-11-26-12-10-24)14-25(23-20)17-7-5-16(22)6-8-17/h1-8,14H,9-13H2. The highest BCUT2D eigenvalue weighted by Gasteiger charge is 2.18. The van der Waals surface area contributed by atoms with Crippen LogP contribution in [0, 0.1) is 5.82 Å². The lowest BCUT2D eigenvalue weighted by Crippen LogP contribution is -2.35. The number of halogens is 2. The number of benzene rings is 2. The number of nitrogens with zero attached hydrogens (tertiary/aromatic N) is 3.